The summed E-state index contributed by atoms with van der Waals surface area (Å²) in [7, 11) is 0. The lowest BCUT2D eigenvalue weighted by atomic mass is 9.94. The number of allylic oxidation sites excluding steroid dienone is 4. The van der Waals surface area contributed by atoms with Gasteiger partial charge in [-0.3, -0.25) is 4.79 Å². The van der Waals surface area contributed by atoms with E-state index in [1.54, 1.807) is 0 Å². The molecule has 0 N–H and O–H groups in total. The predicted octanol–water partition coefficient (Wildman–Crippen LogP) is 8.44. The smallest absolute Gasteiger partial charge is 0.178 e. The van der Waals surface area contributed by atoms with Gasteiger partial charge in [-0.1, -0.05) is 91.2 Å². The van der Waals surface area contributed by atoms with E-state index in [0.717, 1.165) is 25.7 Å². The van der Waals surface area contributed by atoms with Crippen molar-refractivity contribution in [3.05, 3.63) is 23.3 Å². The van der Waals surface area contributed by atoms with Gasteiger partial charge in [-0.25, -0.2) is 0 Å². The Morgan fingerprint density at radius 3 is 1.35 bits per heavy atom. The van der Waals surface area contributed by atoms with Crippen LogP contribution in [0.25, 0.3) is 0 Å². The van der Waals surface area contributed by atoms with Gasteiger partial charge in [0, 0.05) is 0 Å². The number of unbranched alkanes of at least 4 members (excludes halogenated alkanes) is 6. The first-order chi connectivity index (χ1) is 12.4. The number of hydrogen-bond donors (Lipinski definition) is 0. The van der Waals surface area contributed by atoms with Crippen molar-refractivity contribution in [3.8, 4) is 0 Å². The van der Waals surface area contributed by atoms with Crippen molar-refractivity contribution in [2.45, 2.75) is 119 Å². The van der Waals surface area contributed by atoms with Crippen molar-refractivity contribution in [1.29, 1.82) is 0 Å². The van der Waals surface area contributed by atoms with Crippen LogP contribution < -0.4 is 0 Å². The van der Waals surface area contributed by atoms with Gasteiger partial charge in [0.15, 0.2) is 5.78 Å². The van der Waals surface area contributed by atoms with E-state index in [1.165, 1.54) is 62.5 Å². The van der Waals surface area contributed by atoms with Crippen molar-refractivity contribution in [2.24, 2.45) is 11.8 Å². The maximum Gasteiger partial charge on any atom is 0.178 e. The van der Waals surface area contributed by atoms with Gasteiger partial charge < -0.3 is 0 Å². The van der Waals surface area contributed by atoms with Crippen molar-refractivity contribution in [2.75, 3.05) is 0 Å². The van der Waals surface area contributed by atoms with Crippen molar-refractivity contribution >= 4 is 5.78 Å². The molecule has 0 aromatic heterocycles. The summed E-state index contributed by atoms with van der Waals surface area (Å²) >= 11 is 0. The lowest BCUT2D eigenvalue weighted by Gasteiger charge is -2.11. The van der Waals surface area contributed by atoms with E-state index >= 15 is 0 Å². The zero-order chi connectivity index (χ0) is 19.8. The molecule has 0 bridgehead atoms. The summed E-state index contributed by atoms with van der Waals surface area (Å²) in [5, 5.41) is 0. The van der Waals surface area contributed by atoms with Crippen molar-refractivity contribution in [1.82, 2.24) is 0 Å². The lowest BCUT2D eigenvalue weighted by molar-refractivity contribution is -0.110. The van der Waals surface area contributed by atoms with Crippen LogP contribution in [0.15, 0.2) is 23.3 Å². The number of rotatable bonds is 16. The van der Waals surface area contributed by atoms with Gasteiger partial charge in [-0.15, -0.1) is 0 Å². The fourth-order valence-corrected chi connectivity index (χ4v) is 3.52. The molecule has 0 fully saturated rings. The number of carbonyl (C=O) groups is 1. The molecule has 0 radical (unpaired) electrons. The zero-order valence-corrected chi connectivity index (χ0v) is 18.7. The molecule has 1 heteroatoms. The van der Waals surface area contributed by atoms with Crippen LogP contribution in [-0.4, -0.2) is 5.78 Å². The standard InChI is InChI=1S/C25H46O/c1-7-9-11-13-15-23(17-21(3)4)19-25(26)20-24(18-22(5)6)16-14-12-10-8-2/h19-22H,7-18H2,1-6H3. The van der Waals surface area contributed by atoms with E-state index in [4.69, 9.17) is 0 Å². The van der Waals surface area contributed by atoms with Gasteiger partial charge in [-0.2, -0.15) is 0 Å². The van der Waals surface area contributed by atoms with Crippen LogP contribution in [0.1, 0.15) is 119 Å². The highest BCUT2D eigenvalue weighted by Crippen LogP contribution is 2.21. The van der Waals surface area contributed by atoms with E-state index in [-0.39, 0.29) is 5.78 Å². The molecule has 0 saturated carbocycles. The van der Waals surface area contributed by atoms with Crippen LogP contribution in [0.2, 0.25) is 0 Å². The Balaban J connectivity index is 4.89. The van der Waals surface area contributed by atoms with Gasteiger partial charge in [0.05, 0.1) is 0 Å². The maximum absolute atomic E-state index is 12.7. The second-order valence-corrected chi connectivity index (χ2v) is 8.82. The minimum Gasteiger partial charge on any atom is -0.290 e. The largest absolute Gasteiger partial charge is 0.290 e. The summed E-state index contributed by atoms with van der Waals surface area (Å²) in [5.41, 5.74) is 2.71. The Kier molecular flexibility index (Phi) is 15.8. The summed E-state index contributed by atoms with van der Waals surface area (Å²) in [4.78, 5) is 12.7. The molecule has 0 heterocycles. The molecule has 1 nitrogen and oxygen atoms in total. The fourth-order valence-electron chi connectivity index (χ4n) is 3.52. The van der Waals surface area contributed by atoms with E-state index in [1.807, 2.05) is 12.2 Å². The van der Waals surface area contributed by atoms with Crippen molar-refractivity contribution in [3.63, 3.8) is 0 Å². The highest BCUT2D eigenvalue weighted by Gasteiger charge is 2.07. The molecular weight excluding hydrogens is 316 g/mol. The average molecular weight is 363 g/mol. The molecule has 0 aliphatic heterocycles. The molecule has 0 aliphatic carbocycles. The van der Waals surface area contributed by atoms with Gasteiger partial charge >= 0.3 is 0 Å². The molecule has 0 aromatic rings. The maximum atomic E-state index is 12.7. The molecule has 0 spiro atoms. The molecule has 152 valence electrons. The molecule has 0 atom stereocenters. The number of ketones is 1. The zero-order valence-electron chi connectivity index (χ0n) is 18.7. The molecular formula is C25H46O. The monoisotopic (exact) mass is 362 g/mol. The second-order valence-electron chi connectivity index (χ2n) is 8.82. The van der Waals surface area contributed by atoms with Gasteiger partial charge in [0.25, 0.3) is 0 Å². The van der Waals surface area contributed by atoms with Gasteiger partial charge in [0.2, 0.25) is 0 Å². The molecule has 0 saturated heterocycles. The molecule has 0 aromatic carbocycles. The van der Waals surface area contributed by atoms with Gasteiger partial charge in [0.1, 0.15) is 0 Å². The third-order valence-electron chi connectivity index (χ3n) is 4.74. The first kappa shape index (κ1) is 25.1. The average Bonchev–Trinajstić information content (AvgIpc) is 2.54. The minimum atomic E-state index is 0.224. The fraction of sp³-hybridized carbons (Fsp3) is 0.800. The Bertz CT molecular complexity index is 374. The highest BCUT2D eigenvalue weighted by molar-refractivity contribution is 6.00. The van der Waals surface area contributed by atoms with E-state index in [0.29, 0.717) is 11.8 Å². The summed E-state index contributed by atoms with van der Waals surface area (Å²) in [5.74, 6) is 1.46. The summed E-state index contributed by atoms with van der Waals surface area (Å²) < 4.78 is 0. The lowest BCUT2D eigenvalue weighted by Crippen LogP contribution is -2.00. The Morgan fingerprint density at radius 2 is 1.04 bits per heavy atom. The number of carbonyl (C=O) groups excluding carboxylic acids is 1. The quantitative estimate of drug-likeness (QED) is 0.199. The van der Waals surface area contributed by atoms with Crippen LogP contribution in [-0.2, 0) is 4.79 Å². The van der Waals surface area contributed by atoms with E-state index in [2.05, 4.69) is 41.5 Å². The Labute approximate surface area is 164 Å². The highest BCUT2D eigenvalue weighted by atomic mass is 16.1. The van der Waals surface area contributed by atoms with Crippen LogP contribution in [0.3, 0.4) is 0 Å². The topological polar surface area (TPSA) is 17.1 Å². The Morgan fingerprint density at radius 1 is 0.654 bits per heavy atom. The molecule has 26 heavy (non-hydrogen) atoms. The third kappa shape index (κ3) is 15.4. The Hall–Kier alpha value is -0.850. The number of hydrogen-bond acceptors (Lipinski definition) is 1. The normalized spacial score (nSPS) is 13.1. The molecule has 0 rings (SSSR count). The third-order valence-corrected chi connectivity index (χ3v) is 4.74. The predicted molar refractivity (Wildman–Crippen MR) is 118 cm³/mol. The summed E-state index contributed by atoms with van der Waals surface area (Å²) in [6.45, 7) is 13.5. The van der Waals surface area contributed by atoms with Gasteiger partial charge in [-0.05, 0) is 62.5 Å². The summed E-state index contributed by atoms with van der Waals surface area (Å²) in [6.07, 6.45) is 18.4. The van der Waals surface area contributed by atoms with E-state index in [9.17, 15) is 4.79 Å². The van der Waals surface area contributed by atoms with E-state index < -0.39 is 0 Å². The molecule has 0 unspecified atom stereocenters. The second kappa shape index (κ2) is 16.3. The van der Waals surface area contributed by atoms with Crippen molar-refractivity contribution < 1.29 is 4.79 Å². The minimum absolute atomic E-state index is 0.224. The SMILES string of the molecule is CCCCCCC(=CC(=O)C=C(CCCCCC)CC(C)C)CC(C)C. The molecule has 0 aliphatic rings. The first-order valence-corrected chi connectivity index (χ1v) is 11.3. The molecule has 0 amide bonds. The first-order valence-electron chi connectivity index (χ1n) is 11.3. The van der Waals surface area contributed by atoms with Crippen LogP contribution in [0, 0.1) is 11.8 Å². The van der Waals surface area contributed by atoms with Crippen LogP contribution in [0.4, 0.5) is 0 Å². The summed E-state index contributed by atoms with van der Waals surface area (Å²) in [6, 6.07) is 0. The van der Waals surface area contributed by atoms with Crippen LogP contribution >= 0.6 is 0 Å². The van der Waals surface area contributed by atoms with Crippen LogP contribution in [0.5, 0.6) is 0 Å².